The van der Waals surface area contributed by atoms with Crippen molar-refractivity contribution < 1.29 is 27.4 Å². The molecule has 2 N–H and O–H groups in total. The fourth-order valence-electron chi connectivity index (χ4n) is 1.87. The van der Waals surface area contributed by atoms with Gasteiger partial charge in [0.05, 0.1) is 5.56 Å². The summed E-state index contributed by atoms with van der Waals surface area (Å²) in [7, 11) is 0. The zero-order valence-corrected chi connectivity index (χ0v) is 10.9. The van der Waals surface area contributed by atoms with Gasteiger partial charge in [-0.15, -0.1) is 5.10 Å². The van der Waals surface area contributed by atoms with E-state index in [1.807, 2.05) is 0 Å². The normalized spacial score (nSPS) is 13.8. The average Bonchev–Trinajstić information content (AvgIpc) is 2.95. The lowest BCUT2D eigenvalue weighted by molar-refractivity contribution is -0.144. The van der Waals surface area contributed by atoms with Crippen LogP contribution in [0.3, 0.4) is 0 Å². The van der Waals surface area contributed by atoms with Gasteiger partial charge in [0, 0.05) is 0 Å². The Kier molecular flexibility index (Phi) is 3.35. The molecule has 0 unspecified atom stereocenters. The number of carbonyl (C=O) groups is 1. The number of H-pyrrole nitrogens is 1. The van der Waals surface area contributed by atoms with Gasteiger partial charge in [-0.3, -0.25) is 15.2 Å². The van der Waals surface area contributed by atoms with Crippen LogP contribution >= 0.6 is 0 Å². The molecule has 22 heavy (non-hydrogen) atoms. The molecular formula is C12H9F3N4O3. The first kappa shape index (κ1) is 14.2. The number of nitrogens with one attached hydrogen (secondary N) is 2. The number of halogens is 3. The van der Waals surface area contributed by atoms with Gasteiger partial charge in [0.1, 0.15) is 13.2 Å². The Balaban J connectivity index is 1.82. The van der Waals surface area contributed by atoms with E-state index in [4.69, 9.17) is 9.47 Å². The summed E-state index contributed by atoms with van der Waals surface area (Å²) in [6, 6.07) is 4.65. The van der Waals surface area contributed by atoms with Crippen LogP contribution in [-0.2, 0) is 6.18 Å². The number of benzene rings is 1. The van der Waals surface area contributed by atoms with Crippen molar-refractivity contribution in [1.29, 1.82) is 0 Å². The Morgan fingerprint density at radius 2 is 2.05 bits per heavy atom. The molecule has 7 nitrogen and oxygen atoms in total. The number of hydrogen-bond donors (Lipinski definition) is 2. The fourth-order valence-corrected chi connectivity index (χ4v) is 1.87. The molecule has 1 aliphatic rings. The van der Waals surface area contributed by atoms with E-state index >= 15 is 0 Å². The van der Waals surface area contributed by atoms with E-state index in [2.05, 4.69) is 15.4 Å². The SMILES string of the molecule is O=C(Nc1n[nH]c(C(F)(F)F)n1)c1cccc2c1OCCO2. The molecule has 0 saturated carbocycles. The van der Waals surface area contributed by atoms with Gasteiger partial charge in [0.2, 0.25) is 11.8 Å². The highest BCUT2D eigenvalue weighted by atomic mass is 19.4. The topological polar surface area (TPSA) is 89.1 Å². The molecule has 10 heteroatoms. The van der Waals surface area contributed by atoms with Crippen LogP contribution in [0, 0.1) is 0 Å². The number of para-hydroxylation sites is 1. The Hall–Kier alpha value is -2.78. The van der Waals surface area contributed by atoms with Gasteiger partial charge in [-0.2, -0.15) is 18.2 Å². The highest BCUT2D eigenvalue weighted by Crippen LogP contribution is 2.34. The molecule has 2 heterocycles. The monoisotopic (exact) mass is 314 g/mol. The van der Waals surface area contributed by atoms with Gasteiger partial charge >= 0.3 is 6.18 Å². The van der Waals surface area contributed by atoms with Gasteiger partial charge in [-0.05, 0) is 12.1 Å². The Morgan fingerprint density at radius 3 is 2.77 bits per heavy atom. The number of fused-ring (bicyclic) bond motifs is 1. The minimum atomic E-state index is -4.67. The first-order valence-electron chi connectivity index (χ1n) is 6.15. The van der Waals surface area contributed by atoms with E-state index in [9.17, 15) is 18.0 Å². The predicted molar refractivity (Wildman–Crippen MR) is 66.8 cm³/mol. The van der Waals surface area contributed by atoms with Gasteiger partial charge in [-0.25, -0.2) is 0 Å². The molecule has 116 valence electrons. The van der Waals surface area contributed by atoms with Crippen molar-refractivity contribution in [2.45, 2.75) is 6.18 Å². The molecule has 0 aliphatic carbocycles. The van der Waals surface area contributed by atoms with Crippen LogP contribution in [0.15, 0.2) is 18.2 Å². The molecule has 0 bridgehead atoms. The summed E-state index contributed by atoms with van der Waals surface area (Å²) in [5.41, 5.74) is 0.121. The minimum absolute atomic E-state index is 0.121. The number of amides is 1. The van der Waals surface area contributed by atoms with Crippen molar-refractivity contribution in [1.82, 2.24) is 15.2 Å². The molecule has 0 atom stereocenters. The summed E-state index contributed by atoms with van der Waals surface area (Å²) in [6.45, 7) is 0.629. The lowest BCUT2D eigenvalue weighted by Gasteiger charge is -2.20. The molecule has 0 radical (unpaired) electrons. The van der Waals surface area contributed by atoms with Gasteiger partial charge in [0.15, 0.2) is 11.5 Å². The van der Waals surface area contributed by atoms with E-state index in [0.29, 0.717) is 12.4 Å². The Morgan fingerprint density at radius 1 is 1.27 bits per heavy atom. The molecule has 0 saturated heterocycles. The number of anilines is 1. The second-order valence-corrected chi connectivity index (χ2v) is 4.29. The number of rotatable bonds is 2. The summed E-state index contributed by atoms with van der Waals surface area (Å²) in [4.78, 5) is 15.3. The van der Waals surface area contributed by atoms with E-state index in [0.717, 1.165) is 0 Å². The smallest absolute Gasteiger partial charge is 0.451 e. The summed E-state index contributed by atoms with van der Waals surface area (Å²) in [5, 5.41) is 7.18. The number of aromatic nitrogens is 3. The van der Waals surface area contributed by atoms with Crippen LogP contribution in [0.5, 0.6) is 11.5 Å². The van der Waals surface area contributed by atoms with Crippen LogP contribution in [0.25, 0.3) is 0 Å². The molecule has 1 aliphatic heterocycles. The summed E-state index contributed by atoms with van der Waals surface area (Å²) >= 11 is 0. The Bertz CT molecular complexity index is 714. The maximum absolute atomic E-state index is 12.4. The molecule has 1 aromatic carbocycles. The first-order chi connectivity index (χ1) is 10.4. The Labute approximate surface area is 121 Å². The van der Waals surface area contributed by atoms with Crippen LogP contribution < -0.4 is 14.8 Å². The van der Waals surface area contributed by atoms with Crippen molar-refractivity contribution >= 4 is 11.9 Å². The van der Waals surface area contributed by atoms with Crippen molar-refractivity contribution in [3.05, 3.63) is 29.6 Å². The summed E-state index contributed by atoms with van der Waals surface area (Å²) in [5.74, 6) is -1.85. The molecule has 2 aromatic rings. The van der Waals surface area contributed by atoms with Crippen molar-refractivity contribution in [2.75, 3.05) is 18.5 Å². The largest absolute Gasteiger partial charge is 0.486 e. The van der Waals surface area contributed by atoms with Crippen LogP contribution in [0.2, 0.25) is 0 Å². The zero-order valence-electron chi connectivity index (χ0n) is 10.9. The lowest BCUT2D eigenvalue weighted by atomic mass is 10.1. The summed E-state index contributed by atoms with van der Waals surface area (Å²) < 4.78 is 47.9. The second kappa shape index (κ2) is 5.20. The maximum atomic E-state index is 12.4. The number of hydrogen-bond acceptors (Lipinski definition) is 5. The van der Waals surface area contributed by atoms with E-state index in [1.165, 1.54) is 6.07 Å². The third-order valence-electron chi connectivity index (χ3n) is 2.79. The number of carbonyl (C=O) groups excluding carboxylic acids is 1. The van der Waals surface area contributed by atoms with Gasteiger partial charge in [0.25, 0.3) is 5.91 Å². The van der Waals surface area contributed by atoms with E-state index in [-0.39, 0.29) is 17.9 Å². The number of ether oxygens (including phenoxy) is 2. The molecule has 3 rings (SSSR count). The third-order valence-corrected chi connectivity index (χ3v) is 2.79. The molecule has 1 amide bonds. The molecule has 1 aromatic heterocycles. The average molecular weight is 314 g/mol. The van der Waals surface area contributed by atoms with Crippen molar-refractivity contribution in [3.63, 3.8) is 0 Å². The highest BCUT2D eigenvalue weighted by Gasteiger charge is 2.35. The van der Waals surface area contributed by atoms with Crippen molar-refractivity contribution in [2.24, 2.45) is 0 Å². The maximum Gasteiger partial charge on any atom is 0.451 e. The molecule has 0 fully saturated rings. The molecular weight excluding hydrogens is 305 g/mol. The summed E-state index contributed by atoms with van der Waals surface area (Å²) in [6.07, 6.45) is -4.67. The fraction of sp³-hybridized carbons (Fsp3) is 0.250. The van der Waals surface area contributed by atoms with Gasteiger partial charge < -0.3 is 9.47 Å². The third kappa shape index (κ3) is 2.67. The second-order valence-electron chi connectivity index (χ2n) is 4.29. The van der Waals surface area contributed by atoms with Crippen molar-refractivity contribution in [3.8, 4) is 11.5 Å². The van der Waals surface area contributed by atoms with E-state index in [1.54, 1.807) is 17.2 Å². The highest BCUT2D eigenvalue weighted by molar-refractivity contribution is 6.05. The standard InChI is InChI=1S/C12H9F3N4O3/c13-12(14,15)10-17-11(19-18-10)16-9(20)6-2-1-3-7-8(6)22-5-4-21-7/h1-3H,4-5H2,(H2,16,17,18,19,20). The first-order valence-corrected chi connectivity index (χ1v) is 6.15. The van der Waals surface area contributed by atoms with E-state index < -0.39 is 23.9 Å². The van der Waals surface area contributed by atoms with Crippen LogP contribution in [-0.4, -0.2) is 34.3 Å². The quantitative estimate of drug-likeness (QED) is 0.883. The predicted octanol–water partition coefficient (Wildman–Crippen LogP) is 1.85. The number of nitrogens with zero attached hydrogens (tertiary/aromatic N) is 2. The van der Waals surface area contributed by atoms with Crippen LogP contribution in [0.1, 0.15) is 16.2 Å². The van der Waals surface area contributed by atoms with Crippen LogP contribution in [0.4, 0.5) is 19.1 Å². The minimum Gasteiger partial charge on any atom is -0.486 e. The lowest BCUT2D eigenvalue weighted by Crippen LogP contribution is -2.20. The van der Waals surface area contributed by atoms with Gasteiger partial charge in [-0.1, -0.05) is 6.07 Å². The molecule has 0 spiro atoms. The number of aromatic amines is 1. The zero-order chi connectivity index (χ0) is 15.7. The number of alkyl halides is 3.